The largest absolute Gasteiger partial charge is 0.373 e. The van der Waals surface area contributed by atoms with Gasteiger partial charge in [0.15, 0.2) is 0 Å². The summed E-state index contributed by atoms with van der Waals surface area (Å²) >= 11 is 3.55. The molecule has 0 spiro atoms. The van der Waals surface area contributed by atoms with E-state index in [9.17, 15) is 0 Å². The van der Waals surface area contributed by atoms with Crippen LogP contribution in [-0.2, 0) is 11.2 Å². The molecule has 2 unspecified atom stereocenters. The summed E-state index contributed by atoms with van der Waals surface area (Å²) < 4.78 is 7.13. The molecular weight excluding hydrogens is 276 g/mol. The molecule has 0 saturated carbocycles. The van der Waals surface area contributed by atoms with Gasteiger partial charge in [-0.2, -0.15) is 0 Å². The predicted octanol–water partition coefficient (Wildman–Crippen LogP) is 4.89. The minimum absolute atomic E-state index is 0.313. The van der Waals surface area contributed by atoms with Gasteiger partial charge >= 0.3 is 0 Å². The van der Waals surface area contributed by atoms with Crippen LogP contribution in [0.3, 0.4) is 0 Å². The summed E-state index contributed by atoms with van der Waals surface area (Å²) in [5.41, 5.74) is 2.86. The van der Waals surface area contributed by atoms with E-state index in [-0.39, 0.29) is 0 Å². The SMILES string of the molecule is CCCC(C)CC1OCCc2cc(Br)ccc21. The first-order valence-corrected chi connectivity index (χ1v) is 7.40. The van der Waals surface area contributed by atoms with E-state index in [1.807, 2.05) is 0 Å². The molecule has 1 aliphatic rings. The molecule has 2 heteroatoms. The minimum Gasteiger partial charge on any atom is -0.373 e. The van der Waals surface area contributed by atoms with Gasteiger partial charge in [0, 0.05) is 4.47 Å². The Bertz CT molecular complexity index is 375. The van der Waals surface area contributed by atoms with Gasteiger partial charge in [-0.3, -0.25) is 0 Å². The van der Waals surface area contributed by atoms with Crippen LogP contribution in [0.15, 0.2) is 22.7 Å². The average Bonchev–Trinajstić information content (AvgIpc) is 2.29. The van der Waals surface area contributed by atoms with Gasteiger partial charge in [-0.1, -0.05) is 48.7 Å². The topological polar surface area (TPSA) is 9.23 Å². The second-order valence-corrected chi connectivity index (χ2v) is 6.00. The molecule has 0 amide bonds. The van der Waals surface area contributed by atoms with Gasteiger partial charge in [0.05, 0.1) is 12.7 Å². The van der Waals surface area contributed by atoms with E-state index in [4.69, 9.17) is 4.74 Å². The molecule has 1 nitrogen and oxygen atoms in total. The third-order valence-electron chi connectivity index (χ3n) is 3.54. The van der Waals surface area contributed by atoms with Crippen molar-refractivity contribution in [1.29, 1.82) is 0 Å². The third-order valence-corrected chi connectivity index (χ3v) is 4.03. The number of rotatable bonds is 4. The lowest BCUT2D eigenvalue weighted by molar-refractivity contribution is 0.0260. The number of ether oxygens (including phenoxy) is 1. The first kappa shape index (κ1) is 13.1. The van der Waals surface area contributed by atoms with E-state index in [1.165, 1.54) is 28.4 Å². The van der Waals surface area contributed by atoms with Crippen molar-refractivity contribution in [3.63, 3.8) is 0 Å². The zero-order chi connectivity index (χ0) is 12.3. The van der Waals surface area contributed by atoms with Gasteiger partial charge in [0.25, 0.3) is 0 Å². The van der Waals surface area contributed by atoms with Gasteiger partial charge < -0.3 is 4.74 Å². The van der Waals surface area contributed by atoms with Crippen molar-refractivity contribution in [2.24, 2.45) is 5.92 Å². The van der Waals surface area contributed by atoms with Crippen LogP contribution >= 0.6 is 15.9 Å². The van der Waals surface area contributed by atoms with Crippen molar-refractivity contribution in [1.82, 2.24) is 0 Å². The number of halogens is 1. The number of fused-ring (bicyclic) bond motifs is 1. The molecule has 1 heterocycles. The molecule has 1 aliphatic heterocycles. The molecule has 17 heavy (non-hydrogen) atoms. The van der Waals surface area contributed by atoms with Crippen molar-refractivity contribution in [3.05, 3.63) is 33.8 Å². The van der Waals surface area contributed by atoms with Gasteiger partial charge in [-0.05, 0) is 42.0 Å². The van der Waals surface area contributed by atoms with Crippen LogP contribution in [0.4, 0.5) is 0 Å². The van der Waals surface area contributed by atoms with Crippen LogP contribution in [0.25, 0.3) is 0 Å². The summed E-state index contributed by atoms with van der Waals surface area (Å²) in [6.07, 6.45) is 5.08. The van der Waals surface area contributed by atoms with E-state index in [0.717, 1.165) is 25.4 Å². The Hall–Kier alpha value is -0.340. The van der Waals surface area contributed by atoms with E-state index in [0.29, 0.717) is 6.10 Å². The lowest BCUT2D eigenvalue weighted by atomic mass is 9.90. The summed E-state index contributed by atoms with van der Waals surface area (Å²) in [4.78, 5) is 0. The zero-order valence-electron chi connectivity index (χ0n) is 10.7. The Kier molecular flexibility index (Phi) is 4.63. The van der Waals surface area contributed by atoms with E-state index < -0.39 is 0 Å². The van der Waals surface area contributed by atoms with Crippen molar-refractivity contribution in [2.45, 2.75) is 45.6 Å². The van der Waals surface area contributed by atoms with Crippen LogP contribution in [-0.4, -0.2) is 6.61 Å². The summed E-state index contributed by atoms with van der Waals surface area (Å²) in [6.45, 7) is 5.45. The molecule has 0 N–H and O–H groups in total. The Balaban J connectivity index is 2.11. The molecule has 0 radical (unpaired) electrons. The molecule has 0 saturated heterocycles. The zero-order valence-corrected chi connectivity index (χ0v) is 12.3. The fourth-order valence-corrected chi connectivity index (χ4v) is 3.09. The summed E-state index contributed by atoms with van der Waals surface area (Å²) in [5, 5.41) is 0. The van der Waals surface area contributed by atoms with E-state index in [1.54, 1.807) is 0 Å². The Morgan fingerprint density at radius 1 is 1.47 bits per heavy atom. The summed E-state index contributed by atoms with van der Waals surface area (Å²) in [5.74, 6) is 0.750. The second kappa shape index (κ2) is 6.01. The van der Waals surface area contributed by atoms with Gasteiger partial charge in [0.1, 0.15) is 0 Å². The van der Waals surface area contributed by atoms with Crippen LogP contribution in [0.2, 0.25) is 0 Å². The standard InChI is InChI=1S/C15H21BrO/c1-3-4-11(2)9-15-14-6-5-13(16)10-12(14)7-8-17-15/h5-6,10-11,15H,3-4,7-9H2,1-2H3. The Morgan fingerprint density at radius 3 is 3.06 bits per heavy atom. The van der Waals surface area contributed by atoms with E-state index in [2.05, 4.69) is 48.0 Å². The monoisotopic (exact) mass is 296 g/mol. The van der Waals surface area contributed by atoms with Gasteiger partial charge in [-0.15, -0.1) is 0 Å². The Labute approximate surface area is 113 Å². The van der Waals surface area contributed by atoms with E-state index >= 15 is 0 Å². The number of hydrogen-bond donors (Lipinski definition) is 0. The highest BCUT2D eigenvalue weighted by molar-refractivity contribution is 9.10. The molecule has 2 atom stereocenters. The first-order chi connectivity index (χ1) is 8.20. The summed E-state index contributed by atoms with van der Waals surface area (Å²) in [6, 6.07) is 6.60. The number of benzene rings is 1. The highest BCUT2D eigenvalue weighted by Gasteiger charge is 2.22. The van der Waals surface area contributed by atoms with Gasteiger partial charge in [0.2, 0.25) is 0 Å². The third kappa shape index (κ3) is 3.32. The highest BCUT2D eigenvalue weighted by Crippen LogP contribution is 2.34. The normalized spacial score (nSPS) is 21.0. The fourth-order valence-electron chi connectivity index (χ4n) is 2.68. The van der Waals surface area contributed by atoms with Crippen molar-refractivity contribution < 1.29 is 4.74 Å². The molecule has 0 fully saturated rings. The molecular formula is C15H21BrO. The first-order valence-electron chi connectivity index (χ1n) is 6.60. The molecule has 0 aliphatic carbocycles. The minimum atomic E-state index is 0.313. The fraction of sp³-hybridized carbons (Fsp3) is 0.600. The van der Waals surface area contributed by atoms with Crippen molar-refractivity contribution in [3.8, 4) is 0 Å². The smallest absolute Gasteiger partial charge is 0.0830 e. The van der Waals surface area contributed by atoms with Crippen LogP contribution in [0.5, 0.6) is 0 Å². The molecule has 0 bridgehead atoms. The van der Waals surface area contributed by atoms with Crippen molar-refractivity contribution in [2.75, 3.05) is 6.61 Å². The maximum absolute atomic E-state index is 5.95. The van der Waals surface area contributed by atoms with Gasteiger partial charge in [-0.25, -0.2) is 0 Å². The highest BCUT2D eigenvalue weighted by atomic mass is 79.9. The molecule has 0 aromatic heterocycles. The molecule has 1 aromatic carbocycles. The number of hydrogen-bond acceptors (Lipinski definition) is 1. The summed E-state index contributed by atoms with van der Waals surface area (Å²) in [7, 11) is 0. The molecule has 94 valence electrons. The maximum Gasteiger partial charge on any atom is 0.0830 e. The molecule has 2 rings (SSSR count). The Morgan fingerprint density at radius 2 is 2.29 bits per heavy atom. The van der Waals surface area contributed by atoms with Crippen LogP contribution in [0, 0.1) is 5.92 Å². The predicted molar refractivity (Wildman–Crippen MR) is 75.2 cm³/mol. The molecule has 1 aromatic rings. The average molecular weight is 297 g/mol. The lowest BCUT2D eigenvalue weighted by Gasteiger charge is -2.28. The maximum atomic E-state index is 5.95. The van der Waals surface area contributed by atoms with Crippen molar-refractivity contribution >= 4 is 15.9 Å². The lowest BCUT2D eigenvalue weighted by Crippen LogP contribution is -2.18. The quantitative estimate of drug-likeness (QED) is 0.769. The van der Waals surface area contributed by atoms with Crippen LogP contribution in [0.1, 0.15) is 50.3 Å². The second-order valence-electron chi connectivity index (χ2n) is 5.08. The van der Waals surface area contributed by atoms with Crippen LogP contribution < -0.4 is 0 Å².